The van der Waals surface area contributed by atoms with Crippen molar-refractivity contribution in [3.63, 3.8) is 0 Å². The summed E-state index contributed by atoms with van der Waals surface area (Å²) in [6, 6.07) is 11.6. The van der Waals surface area contributed by atoms with Crippen LogP contribution in [0.1, 0.15) is 31.9 Å². The van der Waals surface area contributed by atoms with Crippen molar-refractivity contribution in [3.8, 4) is 0 Å². The number of fused-ring (bicyclic) bond motifs is 1. The summed E-state index contributed by atoms with van der Waals surface area (Å²) in [5.41, 5.74) is 3.77. The Balaban J connectivity index is 2.01. The lowest BCUT2D eigenvalue weighted by Crippen LogP contribution is -2.26. The zero-order chi connectivity index (χ0) is 18.4. The van der Waals surface area contributed by atoms with Crippen LogP contribution in [0, 0.1) is 10.1 Å². The molecule has 3 rings (SSSR count). The molecule has 1 aliphatic rings. The molecule has 2 aromatic rings. The summed E-state index contributed by atoms with van der Waals surface area (Å²) in [5, 5.41) is 10.8. The van der Waals surface area contributed by atoms with Gasteiger partial charge in [-0.1, -0.05) is 0 Å². The fraction of sp³-hybridized carbons (Fsp3) is 0.278. The highest BCUT2D eigenvalue weighted by Crippen LogP contribution is 2.41. The minimum atomic E-state index is -2.26. The Kier molecular flexibility index (Phi) is 4.30. The predicted molar refractivity (Wildman–Crippen MR) is 94.1 cm³/mol. The number of rotatable bonds is 4. The first-order valence-electron chi connectivity index (χ1n) is 7.80. The van der Waals surface area contributed by atoms with Crippen molar-refractivity contribution in [1.82, 2.24) is 0 Å². The quantitative estimate of drug-likeness (QED) is 0.363. The molecule has 0 fully saturated rings. The maximum Gasteiger partial charge on any atom is 0.269 e. The number of benzene rings is 2. The van der Waals surface area contributed by atoms with Crippen LogP contribution in [0.25, 0.3) is 0 Å². The standard InChI is InChI=1S/C18H18N2O4S/c1-12-18(2,3)16-10-15(25(23)24)8-9-17(16)19(12)11-13-4-6-14(7-5-13)20(21)22/h4-10H,11H2,1-3H3. The van der Waals surface area contributed by atoms with E-state index < -0.39 is 16.0 Å². The summed E-state index contributed by atoms with van der Waals surface area (Å²) in [5.74, 6) is 0. The van der Waals surface area contributed by atoms with Gasteiger partial charge in [0.15, 0.2) is 12.3 Å². The molecule has 25 heavy (non-hydrogen) atoms. The molecule has 0 bridgehead atoms. The molecule has 1 aliphatic heterocycles. The van der Waals surface area contributed by atoms with Gasteiger partial charge in [0.1, 0.15) is 0 Å². The van der Waals surface area contributed by atoms with Gasteiger partial charge < -0.3 is 4.55 Å². The van der Waals surface area contributed by atoms with Crippen molar-refractivity contribution in [3.05, 3.63) is 63.7 Å². The van der Waals surface area contributed by atoms with Crippen LogP contribution in [0.4, 0.5) is 11.4 Å². The fourth-order valence-corrected chi connectivity index (χ4v) is 3.57. The molecular weight excluding hydrogens is 340 g/mol. The van der Waals surface area contributed by atoms with E-state index in [1.54, 1.807) is 24.3 Å². The molecule has 2 aromatic carbocycles. The number of hydrogen-bond donors (Lipinski definition) is 0. The van der Waals surface area contributed by atoms with E-state index in [2.05, 4.69) is 18.4 Å². The van der Waals surface area contributed by atoms with E-state index in [4.69, 9.17) is 0 Å². The highest BCUT2D eigenvalue weighted by atomic mass is 32.2. The third-order valence-electron chi connectivity index (χ3n) is 4.92. The van der Waals surface area contributed by atoms with E-state index in [1.807, 2.05) is 13.0 Å². The van der Waals surface area contributed by atoms with Crippen LogP contribution in [0.2, 0.25) is 0 Å². The van der Waals surface area contributed by atoms with Crippen molar-refractivity contribution in [1.29, 1.82) is 0 Å². The molecule has 0 N–H and O–H groups in total. The number of nitro groups is 1. The van der Waals surface area contributed by atoms with E-state index in [9.17, 15) is 18.9 Å². The Morgan fingerprint density at radius 3 is 2.36 bits per heavy atom. The van der Waals surface area contributed by atoms with Crippen LogP contribution in [-0.2, 0) is 23.0 Å². The molecule has 0 aliphatic carbocycles. The minimum Gasteiger partial charge on any atom is -0.768 e. The van der Waals surface area contributed by atoms with E-state index in [0.29, 0.717) is 6.54 Å². The lowest BCUT2D eigenvalue weighted by atomic mass is 9.82. The van der Waals surface area contributed by atoms with Crippen molar-refractivity contribution < 1.29 is 18.3 Å². The summed E-state index contributed by atoms with van der Waals surface area (Å²) >= 11 is -2.26. The first-order valence-corrected chi connectivity index (χ1v) is 8.88. The molecule has 0 saturated heterocycles. The summed E-state index contributed by atoms with van der Waals surface area (Å²) in [4.78, 5) is 10.6. The van der Waals surface area contributed by atoms with Gasteiger partial charge >= 0.3 is 0 Å². The van der Waals surface area contributed by atoms with Crippen molar-refractivity contribution in [2.45, 2.75) is 37.6 Å². The van der Waals surface area contributed by atoms with Crippen molar-refractivity contribution in [2.24, 2.45) is 0 Å². The second kappa shape index (κ2) is 6.16. The topological polar surface area (TPSA) is 86.3 Å². The van der Waals surface area contributed by atoms with Crippen LogP contribution in [-0.4, -0.2) is 24.0 Å². The Bertz CT molecular complexity index is 917. The molecule has 0 radical (unpaired) electrons. The molecule has 130 valence electrons. The van der Waals surface area contributed by atoms with Crippen molar-refractivity contribution in [2.75, 3.05) is 0 Å². The van der Waals surface area contributed by atoms with Gasteiger partial charge in [-0.15, -0.1) is 0 Å². The molecule has 0 spiro atoms. The largest absolute Gasteiger partial charge is 0.768 e. The molecule has 0 aromatic heterocycles. The summed E-state index contributed by atoms with van der Waals surface area (Å²) in [6.45, 7) is 6.72. The highest BCUT2D eigenvalue weighted by molar-refractivity contribution is 7.79. The number of nitrogens with zero attached hydrogens (tertiary/aromatic N) is 2. The lowest BCUT2D eigenvalue weighted by Gasteiger charge is -2.16. The van der Waals surface area contributed by atoms with E-state index >= 15 is 0 Å². The Labute approximate surface area is 148 Å². The summed E-state index contributed by atoms with van der Waals surface area (Å²) in [7, 11) is 0. The summed E-state index contributed by atoms with van der Waals surface area (Å²) < 4.78 is 24.7. The predicted octanol–water partition coefficient (Wildman–Crippen LogP) is 3.43. The zero-order valence-corrected chi connectivity index (χ0v) is 15.0. The van der Waals surface area contributed by atoms with Gasteiger partial charge in [0.2, 0.25) is 5.69 Å². The molecule has 6 nitrogen and oxygen atoms in total. The lowest BCUT2D eigenvalue weighted by molar-refractivity contribution is -0.456. The van der Waals surface area contributed by atoms with E-state index in [1.165, 1.54) is 12.1 Å². The van der Waals surface area contributed by atoms with E-state index in [-0.39, 0.29) is 16.0 Å². The molecule has 0 amide bonds. The van der Waals surface area contributed by atoms with Crippen LogP contribution in [0.3, 0.4) is 0 Å². The molecule has 1 unspecified atom stereocenters. The maximum atomic E-state index is 11.3. The number of nitro benzene ring substituents is 1. The number of hydrogen-bond acceptors (Lipinski definition) is 4. The number of non-ortho nitro benzene ring substituents is 1. The monoisotopic (exact) mass is 358 g/mol. The molecule has 0 saturated carbocycles. The minimum absolute atomic E-state index is 0.0640. The Morgan fingerprint density at radius 1 is 1.16 bits per heavy atom. The Hall–Kier alpha value is -2.38. The van der Waals surface area contributed by atoms with Gasteiger partial charge in [-0.2, -0.15) is 4.58 Å². The zero-order valence-electron chi connectivity index (χ0n) is 14.2. The van der Waals surface area contributed by atoms with Gasteiger partial charge in [-0.25, -0.2) is 0 Å². The van der Waals surface area contributed by atoms with Crippen molar-refractivity contribution >= 4 is 28.2 Å². The second-order valence-electron chi connectivity index (χ2n) is 6.63. The third kappa shape index (κ3) is 3.01. The molecule has 1 atom stereocenters. The smallest absolute Gasteiger partial charge is 0.269 e. The van der Waals surface area contributed by atoms with Crippen LogP contribution in [0.5, 0.6) is 0 Å². The van der Waals surface area contributed by atoms with Crippen LogP contribution in [0.15, 0.2) is 47.4 Å². The van der Waals surface area contributed by atoms with Crippen LogP contribution < -0.4 is 0 Å². The van der Waals surface area contributed by atoms with Gasteiger partial charge in [0.05, 0.1) is 10.3 Å². The van der Waals surface area contributed by atoms with Gasteiger partial charge in [-0.3, -0.25) is 14.3 Å². The molecule has 7 heteroatoms. The molecular formula is C18H18N2O4S. The summed E-state index contributed by atoms with van der Waals surface area (Å²) in [6.07, 6.45) is 0. The first-order chi connectivity index (χ1) is 11.7. The average Bonchev–Trinajstić information content (AvgIpc) is 2.76. The third-order valence-corrected chi connectivity index (χ3v) is 5.56. The van der Waals surface area contributed by atoms with Gasteiger partial charge in [0, 0.05) is 41.1 Å². The van der Waals surface area contributed by atoms with Gasteiger partial charge in [-0.05, 0) is 49.2 Å². The Morgan fingerprint density at radius 2 is 1.80 bits per heavy atom. The first kappa shape index (κ1) is 17.4. The van der Waals surface area contributed by atoms with E-state index in [0.717, 1.165) is 22.5 Å². The SMILES string of the molecule is CC1=[N+](Cc2ccc([N+](=O)[O-])cc2)c2ccc(S(=O)[O-])cc2C1(C)C. The molecule has 1 heterocycles. The fourth-order valence-electron chi connectivity index (χ4n) is 3.18. The average molecular weight is 358 g/mol. The second-order valence-corrected chi connectivity index (χ2v) is 7.57. The van der Waals surface area contributed by atoms with Crippen LogP contribution >= 0.6 is 0 Å². The highest BCUT2D eigenvalue weighted by Gasteiger charge is 2.43. The normalized spacial score (nSPS) is 16.6. The maximum absolute atomic E-state index is 11.3. The van der Waals surface area contributed by atoms with Gasteiger partial charge in [0.25, 0.3) is 5.69 Å².